The molecule has 1 saturated heterocycles. The molecule has 3 atom stereocenters. The molecular formula is C18H27NO3. The van der Waals surface area contributed by atoms with Crippen molar-refractivity contribution in [3.63, 3.8) is 0 Å². The van der Waals surface area contributed by atoms with E-state index in [0.717, 1.165) is 43.0 Å². The van der Waals surface area contributed by atoms with Gasteiger partial charge in [-0.2, -0.15) is 0 Å². The number of hydrogen-bond donors (Lipinski definition) is 1. The molecule has 22 heavy (non-hydrogen) atoms. The Morgan fingerprint density at radius 1 is 1.09 bits per heavy atom. The number of aliphatic hydroxyl groups excluding tert-OH is 1. The van der Waals surface area contributed by atoms with Crippen molar-refractivity contribution in [2.24, 2.45) is 11.8 Å². The lowest BCUT2D eigenvalue weighted by Gasteiger charge is -2.21. The van der Waals surface area contributed by atoms with Gasteiger partial charge in [0.15, 0.2) is 0 Å². The normalized spacial score (nSPS) is 25.9. The third-order valence-corrected chi connectivity index (χ3v) is 4.85. The van der Waals surface area contributed by atoms with Crippen LogP contribution < -0.4 is 9.47 Å². The van der Waals surface area contributed by atoms with Gasteiger partial charge in [-0.05, 0) is 55.9 Å². The van der Waals surface area contributed by atoms with E-state index < -0.39 is 6.10 Å². The van der Waals surface area contributed by atoms with Gasteiger partial charge in [0, 0.05) is 19.6 Å². The van der Waals surface area contributed by atoms with Crippen LogP contribution in [-0.2, 0) is 0 Å². The molecule has 3 rings (SSSR count). The van der Waals surface area contributed by atoms with E-state index in [2.05, 4.69) is 4.90 Å². The van der Waals surface area contributed by atoms with Crippen molar-refractivity contribution in [1.82, 2.24) is 4.90 Å². The Morgan fingerprint density at radius 2 is 1.68 bits per heavy atom. The molecule has 1 N–H and O–H groups in total. The molecule has 1 saturated carbocycles. The SMILES string of the molecule is CCOc1ccc(OCC(O)CN2CC3CCCC3C2)cc1. The van der Waals surface area contributed by atoms with E-state index >= 15 is 0 Å². The van der Waals surface area contributed by atoms with Gasteiger partial charge in [0.05, 0.1) is 6.61 Å². The molecule has 1 aromatic rings. The molecule has 0 aromatic heterocycles. The standard InChI is InChI=1S/C18H27NO3/c1-2-21-17-6-8-18(9-7-17)22-13-16(20)12-19-10-14-4-3-5-15(14)11-19/h6-9,14-16,20H,2-5,10-13H2,1H3. The fourth-order valence-electron chi connectivity index (χ4n) is 3.82. The molecule has 0 radical (unpaired) electrons. The highest BCUT2D eigenvalue weighted by molar-refractivity contribution is 5.31. The Balaban J connectivity index is 1.39. The van der Waals surface area contributed by atoms with E-state index in [-0.39, 0.29) is 0 Å². The number of benzene rings is 1. The molecule has 0 amide bonds. The lowest BCUT2D eigenvalue weighted by Crippen LogP contribution is -2.34. The second-order valence-corrected chi connectivity index (χ2v) is 6.54. The number of likely N-dealkylation sites (tertiary alicyclic amines) is 1. The molecule has 1 heterocycles. The Morgan fingerprint density at radius 3 is 2.27 bits per heavy atom. The lowest BCUT2D eigenvalue weighted by molar-refractivity contribution is 0.0734. The molecule has 2 aliphatic rings. The summed E-state index contributed by atoms with van der Waals surface area (Å²) >= 11 is 0. The summed E-state index contributed by atoms with van der Waals surface area (Å²) < 4.78 is 11.1. The van der Waals surface area contributed by atoms with Crippen LogP contribution >= 0.6 is 0 Å². The van der Waals surface area contributed by atoms with E-state index in [0.29, 0.717) is 13.2 Å². The first-order chi connectivity index (χ1) is 10.7. The lowest BCUT2D eigenvalue weighted by atomic mass is 10.0. The zero-order valence-corrected chi connectivity index (χ0v) is 13.4. The number of ether oxygens (including phenoxy) is 2. The summed E-state index contributed by atoms with van der Waals surface area (Å²) in [6.45, 7) is 6.02. The zero-order valence-electron chi connectivity index (χ0n) is 13.4. The first-order valence-electron chi connectivity index (χ1n) is 8.50. The maximum atomic E-state index is 10.2. The van der Waals surface area contributed by atoms with Crippen molar-refractivity contribution >= 4 is 0 Å². The highest BCUT2D eigenvalue weighted by Gasteiger charge is 2.36. The van der Waals surface area contributed by atoms with Crippen LogP contribution in [0.25, 0.3) is 0 Å². The third-order valence-electron chi connectivity index (χ3n) is 4.85. The van der Waals surface area contributed by atoms with Crippen molar-refractivity contribution in [2.45, 2.75) is 32.3 Å². The van der Waals surface area contributed by atoms with E-state index in [1.807, 2.05) is 31.2 Å². The summed E-state index contributed by atoms with van der Waals surface area (Å²) in [5.41, 5.74) is 0. The molecule has 1 aromatic carbocycles. The van der Waals surface area contributed by atoms with Crippen LogP contribution in [-0.4, -0.2) is 49.0 Å². The average Bonchev–Trinajstić information content (AvgIpc) is 3.08. The largest absolute Gasteiger partial charge is 0.494 e. The van der Waals surface area contributed by atoms with E-state index in [4.69, 9.17) is 9.47 Å². The molecule has 0 bridgehead atoms. The van der Waals surface area contributed by atoms with E-state index in [9.17, 15) is 5.11 Å². The number of nitrogens with zero attached hydrogens (tertiary/aromatic N) is 1. The Hall–Kier alpha value is -1.26. The van der Waals surface area contributed by atoms with Gasteiger partial charge in [0.2, 0.25) is 0 Å². The summed E-state index contributed by atoms with van der Waals surface area (Å²) in [4.78, 5) is 2.40. The minimum absolute atomic E-state index is 0.347. The van der Waals surface area contributed by atoms with Gasteiger partial charge in [-0.15, -0.1) is 0 Å². The maximum Gasteiger partial charge on any atom is 0.119 e. The minimum atomic E-state index is -0.426. The molecule has 1 aliphatic carbocycles. The smallest absolute Gasteiger partial charge is 0.119 e. The summed E-state index contributed by atoms with van der Waals surface area (Å²) in [6, 6.07) is 7.57. The molecule has 2 fully saturated rings. The number of hydrogen-bond acceptors (Lipinski definition) is 4. The molecule has 4 heteroatoms. The molecule has 122 valence electrons. The maximum absolute atomic E-state index is 10.2. The van der Waals surface area contributed by atoms with Gasteiger partial charge in [0.25, 0.3) is 0 Å². The summed E-state index contributed by atoms with van der Waals surface area (Å²) in [5, 5.41) is 10.2. The number of rotatable bonds is 7. The van der Waals surface area contributed by atoms with Crippen LogP contribution in [0, 0.1) is 11.8 Å². The van der Waals surface area contributed by atoms with E-state index in [1.165, 1.54) is 19.3 Å². The van der Waals surface area contributed by atoms with Crippen molar-refractivity contribution in [2.75, 3.05) is 32.8 Å². The van der Waals surface area contributed by atoms with Gasteiger partial charge in [-0.25, -0.2) is 0 Å². The van der Waals surface area contributed by atoms with Gasteiger partial charge in [-0.1, -0.05) is 6.42 Å². The van der Waals surface area contributed by atoms with Crippen LogP contribution in [0.3, 0.4) is 0 Å². The van der Waals surface area contributed by atoms with Crippen molar-refractivity contribution in [3.8, 4) is 11.5 Å². The topological polar surface area (TPSA) is 41.9 Å². The first kappa shape index (κ1) is 15.6. The van der Waals surface area contributed by atoms with Gasteiger partial charge < -0.3 is 19.5 Å². The molecule has 3 unspecified atom stereocenters. The van der Waals surface area contributed by atoms with Gasteiger partial charge in [-0.3, -0.25) is 0 Å². The van der Waals surface area contributed by atoms with Crippen LogP contribution in [0.2, 0.25) is 0 Å². The summed E-state index contributed by atoms with van der Waals surface area (Å²) in [7, 11) is 0. The fraction of sp³-hybridized carbons (Fsp3) is 0.667. The molecular weight excluding hydrogens is 278 g/mol. The third kappa shape index (κ3) is 3.93. The zero-order chi connectivity index (χ0) is 15.4. The van der Waals surface area contributed by atoms with Gasteiger partial charge in [0.1, 0.15) is 24.2 Å². The Labute approximate surface area is 133 Å². The average molecular weight is 305 g/mol. The van der Waals surface area contributed by atoms with Crippen molar-refractivity contribution in [1.29, 1.82) is 0 Å². The summed E-state index contributed by atoms with van der Waals surface area (Å²) in [5.74, 6) is 3.37. The second kappa shape index (κ2) is 7.34. The molecule has 4 nitrogen and oxygen atoms in total. The minimum Gasteiger partial charge on any atom is -0.494 e. The quantitative estimate of drug-likeness (QED) is 0.840. The highest BCUT2D eigenvalue weighted by Crippen LogP contribution is 2.37. The van der Waals surface area contributed by atoms with Crippen LogP contribution in [0.4, 0.5) is 0 Å². The first-order valence-corrected chi connectivity index (χ1v) is 8.50. The monoisotopic (exact) mass is 305 g/mol. The van der Waals surface area contributed by atoms with Crippen molar-refractivity contribution < 1.29 is 14.6 Å². The van der Waals surface area contributed by atoms with Crippen LogP contribution in [0.1, 0.15) is 26.2 Å². The van der Waals surface area contributed by atoms with Crippen molar-refractivity contribution in [3.05, 3.63) is 24.3 Å². The fourth-order valence-corrected chi connectivity index (χ4v) is 3.82. The molecule has 0 spiro atoms. The Kier molecular flexibility index (Phi) is 5.21. The van der Waals surface area contributed by atoms with Crippen LogP contribution in [0.15, 0.2) is 24.3 Å². The number of aliphatic hydroxyl groups is 1. The second-order valence-electron chi connectivity index (χ2n) is 6.54. The molecule has 1 aliphatic heterocycles. The predicted octanol–water partition coefficient (Wildman–Crippen LogP) is 2.56. The number of β-amino-alcohol motifs (C(OH)–C–C–N with tert-alkyl or cyclic N) is 1. The highest BCUT2D eigenvalue weighted by atomic mass is 16.5. The summed E-state index contributed by atoms with van der Waals surface area (Å²) in [6.07, 6.45) is 3.72. The van der Waals surface area contributed by atoms with Crippen LogP contribution in [0.5, 0.6) is 11.5 Å². The Bertz CT molecular complexity index is 450. The predicted molar refractivity (Wildman–Crippen MR) is 86.4 cm³/mol. The number of fused-ring (bicyclic) bond motifs is 1. The van der Waals surface area contributed by atoms with Gasteiger partial charge >= 0.3 is 0 Å². The van der Waals surface area contributed by atoms with E-state index in [1.54, 1.807) is 0 Å².